The highest BCUT2D eigenvalue weighted by Crippen LogP contribution is 2.07. The van der Waals surface area contributed by atoms with Crippen LogP contribution in [0.2, 0.25) is 0 Å². The molecule has 4 heteroatoms. The summed E-state index contributed by atoms with van der Waals surface area (Å²) in [6.07, 6.45) is -1.42. The van der Waals surface area contributed by atoms with E-state index in [1.807, 2.05) is 0 Å². The van der Waals surface area contributed by atoms with Gasteiger partial charge in [-0.2, -0.15) is 0 Å². The van der Waals surface area contributed by atoms with Crippen molar-refractivity contribution in [1.29, 1.82) is 0 Å². The van der Waals surface area contributed by atoms with Gasteiger partial charge in [-0.15, -0.1) is 5.92 Å². The maximum absolute atomic E-state index is 11.3. The first kappa shape index (κ1) is 13.8. The minimum atomic E-state index is -0.873. The maximum Gasteiger partial charge on any atom is 0.407 e. The van der Waals surface area contributed by atoms with Crippen molar-refractivity contribution in [2.75, 3.05) is 0 Å². The lowest BCUT2D eigenvalue weighted by molar-refractivity contribution is 0.0469. The molecule has 0 aliphatic carbocycles. The summed E-state index contributed by atoms with van der Waals surface area (Å²) in [5.41, 5.74) is -0.537. The topological polar surface area (TPSA) is 58.6 Å². The molecule has 0 saturated heterocycles. The zero-order valence-corrected chi connectivity index (χ0v) is 9.92. The zero-order valence-electron chi connectivity index (χ0n) is 9.92. The van der Waals surface area contributed by atoms with Crippen molar-refractivity contribution in [3.05, 3.63) is 0 Å². The molecule has 0 aliphatic rings. The lowest BCUT2D eigenvalue weighted by Crippen LogP contribution is -2.43. The second kappa shape index (κ2) is 5.62. The summed E-state index contributed by atoms with van der Waals surface area (Å²) in [6.45, 7) is 8.63. The Morgan fingerprint density at radius 3 is 2.40 bits per heavy atom. The van der Waals surface area contributed by atoms with E-state index in [0.29, 0.717) is 0 Å². The summed E-state index contributed by atoms with van der Waals surface area (Å²) in [4.78, 5) is 11.3. The van der Waals surface area contributed by atoms with Gasteiger partial charge in [-0.05, 0) is 34.6 Å². The molecule has 0 heterocycles. The van der Waals surface area contributed by atoms with Crippen molar-refractivity contribution in [2.45, 2.75) is 52.4 Å². The van der Waals surface area contributed by atoms with Crippen molar-refractivity contribution in [2.24, 2.45) is 0 Å². The number of carbonyl (C=O) groups is 1. The van der Waals surface area contributed by atoms with E-state index in [-0.39, 0.29) is 0 Å². The molecule has 0 spiro atoms. The van der Waals surface area contributed by atoms with Crippen molar-refractivity contribution < 1.29 is 14.6 Å². The first-order chi connectivity index (χ1) is 6.76. The third-order valence-electron chi connectivity index (χ3n) is 1.51. The number of carbonyl (C=O) groups excluding carboxylic acids is 1. The highest BCUT2D eigenvalue weighted by Gasteiger charge is 2.20. The van der Waals surface area contributed by atoms with Gasteiger partial charge in [-0.3, -0.25) is 0 Å². The van der Waals surface area contributed by atoms with Crippen LogP contribution in [-0.2, 0) is 4.74 Å². The number of aliphatic hydroxyl groups excluding tert-OH is 1. The van der Waals surface area contributed by atoms with Crippen LogP contribution in [0.3, 0.4) is 0 Å². The van der Waals surface area contributed by atoms with E-state index in [1.165, 1.54) is 0 Å². The Hall–Kier alpha value is -1.21. The van der Waals surface area contributed by atoms with Crippen LogP contribution in [0.25, 0.3) is 0 Å². The highest BCUT2D eigenvalue weighted by atomic mass is 16.6. The molecule has 0 bridgehead atoms. The average molecular weight is 213 g/mol. The van der Waals surface area contributed by atoms with Gasteiger partial charge in [0, 0.05) is 0 Å². The Kier molecular flexibility index (Phi) is 5.16. The van der Waals surface area contributed by atoms with Gasteiger partial charge in [-0.25, -0.2) is 4.79 Å². The molecule has 15 heavy (non-hydrogen) atoms. The number of nitrogens with one attached hydrogen (secondary N) is 1. The molecule has 0 saturated carbocycles. The molecule has 1 amide bonds. The van der Waals surface area contributed by atoms with Gasteiger partial charge in [0.05, 0.1) is 6.04 Å². The average Bonchev–Trinajstić information content (AvgIpc) is 2.00. The molecule has 86 valence electrons. The fraction of sp³-hybridized carbons (Fsp3) is 0.727. The summed E-state index contributed by atoms with van der Waals surface area (Å²) < 4.78 is 5.03. The number of ether oxygens (including phenoxy) is 1. The molecule has 0 radical (unpaired) electrons. The lowest BCUT2D eigenvalue weighted by atomic mass is 10.2. The fourth-order valence-electron chi connectivity index (χ4n) is 0.845. The molecular weight excluding hydrogens is 194 g/mol. The molecule has 2 atom stereocenters. The first-order valence-corrected chi connectivity index (χ1v) is 4.86. The number of hydrogen-bond donors (Lipinski definition) is 2. The predicted molar refractivity (Wildman–Crippen MR) is 58.3 cm³/mol. The smallest absolute Gasteiger partial charge is 0.407 e. The molecular formula is C11H19NO3. The van der Waals surface area contributed by atoms with Gasteiger partial charge in [0.25, 0.3) is 0 Å². The monoisotopic (exact) mass is 213 g/mol. The molecule has 0 aromatic heterocycles. The molecule has 0 aromatic rings. The van der Waals surface area contributed by atoms with Gasteiger partial charge in [-0.1, -0.05) is 5.92 Å². The van der Waals surface area contributed by atoms with E-state index >= 15 is 0 Å². The van der Waals surface area contributed by atoms with Crippen LogP contribution in [0.1, 0.15) is 34.6 Å². The van der Waals surface area contributed by atoms with Crippen LogP contribution < -0.4 is 5.32 Å². The highest BCUT2D eigenvalue weighted by molar-refractivity contribution is 5.68. The Bertz CT molecular complexity index is 270. The quantitative estimate of drug-likeness (QED) is 0.679. The SMILES string of the molecule is CC#CC(O)C(C)NC(=O)OC(C)(C)C. The Morgan fingerprint density at radius 1 is 1.47 bits per heavy atom. The van der Waals surface area contributed by atoms with E-state index in [0.717, 1.165) is 0 Å². The first-order valence-electron chi connectivity index (χ1n) is 4.86. The second-order valence-corrected chi connectivity index (χ2v) is 4.27. The van der Waals surface area contributed by atoms with Crippen LogP contribution >= 0.6 is 0 Å². The van der Waals surface area contributed by atoms with Crippen molar-refractivity contribution in [3.8, 4) is 11.8 Å². The van der Waals surface area contributed by atoms with Crippen molar-refractivity contribution in [1.82, 2.24) is 5.32 Å². The molecule has 4 nitrogen and oxygen atoms in total. The molecule has 0 aliphatic heterocycles. The van der Waals surface area contributed by atoms with Gasteiger partial charge < -0.3 is 15.2 Å². The van der Waals surface area contributed by atoms with Crippen molar-refractivity contribution >= 4 is 6.09 Å². The maximum atomic E-state index is 11.3. The van der Waals surface area contributed by atoms with Gasteiger partial charge in [0.1, 0.15) is 11.7 Å². The molecule has 2 unspecified atom stereocenters. The van der Waals surface area contributed by atoms with E-state index in [1.54, 1.807) is 34.6 Å². The predicted octanol–water partition coefficient (Wildman–Crippen LogP) is 1.28. The molecule has 0 aromatic carbocycles. The summed E-state index contributed by atoms with van der Waals surface area (Å²) in [7, 11) is 0. The molecule has 0 rings (SSSR count). The number of amides is 1. The number of aliphatic hydroxyl groups is 1. The van der Waals surface area contributed by atoms with Gasteiger partial charge in [0.2, 0.25) is 0 Å². The Balaban J connectivity index is 4.11. The van der Waals surface area contributed by atoms with Crippen LogP contribution in [-0.4, -0.2) is 28.9 Å². The van der Waals surface area contributed by atoms with Crippen LogP contribution in [0.4, 0.5) is 4.79 Å². The minimum Gasteiger partial charge on any atom is -0.444 e. The Labute approximate surface area is 91.0 Å². The standard InChI is InChI=1S/C11H19NO3/c1-6-7-9(13)8(2)12-10(14)15-11(3,4)5/h8-9,13H,1-5H3,(H,12,14). The molecule has 2 N–H and O–H groups in total. The molecule has 0 fully saturated rings. The van der Waals surface area contributed by atoms with Crippen molar-refractivity contribution in [3.63, 3.8) is 0 Å². The largest absolute Gasteiger partial charge is 0.444 e. The normalized spacial score (nSPS) is 14.5. The van der Waals surface area contributed by atoms with Crippen LogP contribution in [0.5, 0.6) is 0 Å². The number of rotatable bonds is 2. The summed E-state index contributed by atoms with van der Waals surface area (Å²) in [6, 6.07) is -0.452. The summed E-state index contributed by atoms with van der Waals surface area (Å²) in [5.74, 6) is 5.13. The zero-order chi connectivity index (χ0) is 12.1. The van der Waals surface area contributed by atoms with Crippen LogP contribution in [0, 0.1) is 11.8 Å². The number of alkyl carbamates (subject to hydrolysis) is 1. The summed E-state index contributed by atoms with van der Waals surface area (Å²) >= 11 is 0. The van der Waals surface area contributed by atoms with E-state index in [4.69, 9.17) is 4.74 Å². The number of hydrogen-bond acceptors (Lipinski definition) is 3. The lowest BCUT2D eigenvalue weighted by Gasteiger charge is -2.22. The van der Waals surface area contributed by atoms with E-state index < -0.39 is 23.8 Å². The van der Waals surface area contributed by atoms with E-state index in [9.17, 15) is 9.90 Å². The third kappa shape index (κ3) is 6.81. The minimum absolute atomic E-state index is 0.452. The fourth-order valence-corrected chi connectivity index (χ4v) is 0.845. The Morgan fingerprint density at radius 2 is 2.00 bits per heavy atom. The van der Waals surface area contributed by atoms with Gasteiger partial charge in [0.15, 0.2) is 0 Å². The summed E-state index contributed by atoms with van der Waals surface area (Å²) in [5, 5.41) is 11.9. The van der Waals surface area contributed by atoms with Crippen LogP contribution in [0.15, 0.2) is 0 Å². The van der Waals surface area contributed by atoms with Gasteiger partial charge >= 0.3 is 6.09 Å². The second-order valence-electron chi connectivity index (χ2n) is 4.27. The van der Waals surface area contributed by atoms with E-state index in [2.05, 4.69) is 17.2 Å². The third-order valence-corrected chi connectivity index (χ3v) is 1.51.